The molecule has 1 N–H and O–H groups in total. The van der Waals surface area contributed by atoms with Crippen LogP contribution in [0.25, 0.3) is 0 Å². The lowest BCUT2D eigenvalue weighted by molar-refractivity contribution is -0.116. The Kier molecular flexibility index (Phi) is 8.91. The molecule has 0 spiro atoms. The highest BCUT2D eigenvalue weighted by molar-refractivity contribution is 7.89. The summed E-state index contributed by atoms with van der Waals surface area (Å²) >= 11 is 0. The molecule has 11 heteroatoms. The number of nitrogens with one attached hydrogen (secondary N) is 1. The second-order valence-electron chi connectivity index (χ2n) is 9.63. The Morgan fingerprint density at radius 2 is 1.67 bits per heavy atom. The molecule has 36 heavy (non-hydrogen) atoms. The lowest BCUT2D eigenvalue weighted by Gasteiger charge is -2.35. The average Bonchev–Trinajstić information content (AvgIpc) is 2.83. The minimum absolute atomic E-state index is 0.00903. The number of anilines is 2. The van der Waals surface area contributed by atoms with Crippen molar-refractivity contribution in [3.63, 3.8) is 0 Å². The molecule has 1 fully saturated rings. The Morgan fingerprint density at radius 1 is 1.06 bits per heavy atom. The van der Waals surface area contributed by atoms with Crippen LogP contribution >= 0.6 is 0 Å². The number of aryl methyl sites for hydroxylation is 3. The number of hydrogen-bond donors (Lipinski definition) is 1. The summed E-state index contributed by atoms with van der Waals surface area (Å²) in [7, 11) is 3.47. The minimum atomic E-state index is -3.77. The van der Waals surface area contributed by atoms with E-state index in [4.69, 9.17) is 4.74 Å². The first kappa shape index (κ1) is 27.8. The van der Waals surface area contributed by atoms with Crippen LogP contribution in [-0.2, 0) is 14.8 Å². The number of carbonyl (C=O) groups is 1. The molecule has 0 saturated carbocycles. The molecule has 3 rings (SSSR count). The standard InChI is InChI=1S/C25H38N6O4S/c1-17-14-21(35-7)15-18(2)24(17)36(33,34)30(6)11-10-23(32)26-25-19(3)16-22(27-28-25)31-12-8-20(9-13-31)29(4)5/h14-16,20H,8-13H2,1-7H3,(H,26,28,32). The number of hydrogen-bond acceptors (Lipinski definition) is 8. The van der Waals surface area contributed by atoms with E-state index < -0.39 is 10.0 Å². The molecule has 10 nitrogen and oxygen atoms in total. The van der Waals surface area contributed by atoms with Gasteiger partial charge in [0, 0.05) is 39.1 Å². The number of aromatic nitrogens is 2. The van der Waals surface area contributed by atoms with Gasteiger partial charge in [-0.15, -0.1) is 10.2 Å². The molecule has 0 aliphatic carbocycles. The van der Waals surface area contributed by atoms with Crippen molar-refractivity contribution in [1.29, 1.82) is 0 Å². The Morgan fingerprint density at radius 3 is 2.19 bits per heavy atom. The second kappa shape index (κ2) is 11.5. The van der Waals surface area contributed by atoms with Crippen LogP contribution in [0.5, 0.6) is 5.75 Å². The molecule has 1 aromatic heterocycles. The lowest BCUT2D eigenvalue weighted by atomic mass is 10.0. The largest absolute Gasteiger partial charge is 0.497 e. The molecule has 0 bridgehead atoms. The fourth-order valence-electron chi connectivity index (χ4n) is 4.53. The van der Waals surface area contributed by atoms with Gasteiger partial charge in [0.15, 0.2) is 11.6 Å². The molecule has 1 aromatic carbocycles. The Balaban J connectivity index is 1.59. The molecule has 1 saturated heterocycles. The van der Waals surface area contributed by atoms with Gasteiger partial charge in [0.05, 0.1) is 12.0 Å². The number of ether oxygens (including phenoxy) is 1. The topological polar surface area (TPSA) is 108 Å². The molecule has 0 atom stereocenters. The van der Waals surface area contributed by atoms with Crippen LogP contribution < -0.4 is 15.0 Å². The Hall–Kier alpha value is -2.76. The minimum Gasteiger partial charge on any atom is -0.497 e. The zero-order chi connectivity index (χ0) is 26.6. The van der Waals surface area contributed by atoms with E-state index in [0.717, 1.165) is 37.3 Å². The van der Waals surface area contributed by atoms with Crippen molar-refractivity contribution in [1.82, 2.24) is 19.4 Å². The van der Waals surface area contributed by atoms with Crippen molar-refractivity contribution in [2.45, 2.75) is 51.0 Å². The van der Waals surface area contributed by atoms with Crippen LogP contribution in [-0.4, -0.2) is 87.7 Å². The molecule has 1 aliphatic rings. The van der Waals surface area contributed by atoms with Gasteiger partial charge in [0.2, 0.25) is 15.9 Å². The summed E-state index contributed by atoms with van der Waals surface area (Å²) in [6.45, 7) is 7.21. The third kappa shape index (κ3) is 6.32. The summed E-state index contributed by atoms with van der Waals surface area (Å²) in [6.07, 6.45) is 2.13. The first-order valence-corrected chi connectivity index (χ1v) is 13.5. The summed E-state index contributed by atoms with van der Waals surface area (Å²) in [4.78, 5) is 17.3. The quantitative estimate of drug-likeness (QED) is 0.540. The summed E-state index contributed by atoms with van der Waals surface area (Å²) in [5.41, 5.74) is 2.01. The Labute approximate surface area is 214 Å². The summed E-state index contributed by atoms with van der Waals surface area (Å²) < 4.78 is 32.8. The lowest BCUT2D eigenvalue weighted by Crippen LogP contribution is -2.42. The van der Waals surface area contributed by atoms with E-state index in [1.165, 1.54) is 11.4 Å². The third-order valence-electron chi connectivity index (χ3n) is 6.74. The highest BCUT2D eigenvalue weighted by Gasteiger charge is 2.26. The predicted molar refractivity (Wildman–Crippen MR) is 141 cm³/mol. The number of carbonyl (C=O) groups excluding carboxylic acids is 1. The van der Waals surface area contributed by atoms with E-state index in [2.05, 4.69) is 39.4 Å². The molecule has 0 radical (unpaired) electrons. The number of nitrogens with zero attached hydrogens (tertiary/aromatic N) is 5. The van der Waals surface area contributed by atoms with E-state index in [9.17, 15) is 13.2 Å². The summed E-state index contributed by atoms with van der Waals surface area (Å²) in [6, 6.07) is 5.89. The first-order valence-electron chi connectivity index (χ1n) is 12.1. The van der Waals surface area contributed by atoms with Crippen LogP contribution in [0.4, 0.5) is 11.6 Å². The zero-order valence-corrected chi connectivity index (χ0v) is 23.1. The molecule has 0 unspecified atom stereocenters. The van der Waals surface area contributed by atoms with Gasteiger partial charge in [-0.1, -0.05) is 0 Å². The smallest absolute Gasteiger partial charge is 0.243 e. The number of methoxy groups -OCH3 is 1. The van der Waals surface area contributed by atoms with Crippen molar-refractivity contribution >= 4 is 27.6 Å². The van der Waals surface area contributed by atoms with Gasteiger partial charge < -0.3 is 19.9 Å². The fourth-order valence-corrected chi connectivity index (χ4v) is 6.10. The number of sulfonamides is 1. The summed E-state index contributed by atoms with van der Waals surface area (Å²) in [5, 5.41) is 11.3. The molecule has 1 amide bonds. The van der Waals surface area contributed by atoms with Crippen molar-refractivity contribution in [3.8, 4) is 5.75 Å². The van der Waals surface area contributed by atoms with Crippen LogP contribution in [0.1, 0.15) is 36.0 Å². The van der Waals surface area contributed by atoms with Gasteiger partial charge in [-0.05, 0) is 82.6 Å². The molecule has 2 aromatic rings. The third-order valence-corrected chi connectivity index (χ3v) is 8.90. The van der Waals surface area contributed by atoms with Gasteiger partial charge >= 0.3 is 0 Å². The maximum atomic E-state index is 13.2. The SMILES string of the molecule is COc1cc(C)c(S(=O)(=O)N(C)CCC(=O)Nc2nnc(N3CCC(N(C)C)CC3)cc2C)c(C)c1. The number of amides is 1. The highest BCUT2D eigenvalue weighted by Crippen LogP contribution is 2.28. The maximum absolute atomic E-state index is 13.2. The maximum Gasteiger partial charge on any atom is 0.243 e. The van der Waals surface area contributed by atoms with Crippen LogP contribution in [0.15, 0.2) is 23.1 Å². The zero-order valence-electron chi connectivity index (χ0n) is 22.3. The van der Waals surface area contributed by atoms with Gasteiger partial charge in [0.25, 0.3) is 0 Å². The molecule has 2 heterocycles. The van der Waals surface area contributed by atoms with Crippen LogP contribution in [0.2, 0.25) is 0 Å². The van der Waals surface area contributed by atoms with Gasteiger partial charge in [-0.3, -0.25) is 4.79 Å². The van der Waals surface area contributed by atoms with Gasteiger partial charge in [-0.2, -0.15) is 0 Å². The first-order chi connectivity index (χ1) is 16.9. The van der Waals surface area contributed by atoms with Gasteiger partial charge in [0.1, 0.15) is 5.75 Å². The number of benzene rings is 1. The molecule has 198 valence electrons. The van der Waals surface area contributed by atoms with E-state index in [-0.39, 0.29) is 23.8 Å². The molecular formula is C25H38N6O4S. The van der Waals surface area contributed by atoms with Gasteiger partial charge in [-0.25, -0.2) is 12.7 Å². The van der Waals surface area contributed by atoms with Crippen molar-refractivity contribution in [3.05, 3.63) is 34.9 Å². The van der Waals surface area contributed by atoms with Crippen molar-refractivity contribution in [2.75, 3.05) is 58.1 Å². The van der Waals surface area contributed by atoms with E-state index in [1.807, 2.05) is 13.0 Å². The molecular weight excluding hydrogens is 480 g/mol. The van der Waals surface area contributed by atoms with E-state index in [1.54, 1.807) is 33.1 Å². The number of rotatable bonds is 9. The van der Waals surface area contributed by atoms with Crippen molar-refractivity contribution < 1.29 is 17.9 Å². The van der Waals surface area contributed by atoms with E-state index in [0.29, 0.717) is 28.7 Å². The monoisotopic (exact) mass is 518 g/mol. The van der Waals surface area contributed by atoms with Crippen LogP contribution in [0, 0.1) is 20.8 Å². The predicted octanol–water partition coefficient (Wildman–Crippen LogP) is 2.59. The number of piperidine rings is 1. The van der Waals surface area contributed by atoms with Crippen LogP contribution in [0.3, 0.4) is 0 Å². The average molecular weight is 519 g/mol. The molecule has 1 aliphatic heterocycles. The Bertz CT molecular complexity index is 1170. The normalized spacial score (nSPS) is 15.0. The van der Waals surface area contributed by atoms with E-state index >= 15 is 0 Å². The highest BCUT2D eigenvalue weighted by atomic mass is 32.2. The van der Waals surface area contributed by atoms with Crippen molar-refractivity contribution in [2.24, 2.45) is 0 Å². The second-order valence-corrected chi connectivity index (χ2v) is 11.6. The fraction of sp³-hybridized carbons (Fsp3) is 0.560. The summed E-state index contributed by atoms with van der Waals surface area (Å²) in [5.74, 6) is 1.47.